The zero-order valence-electron chi connectivity index (χ0n) is 16.9. The Kier molecular flexibility index (Phi) is 5.67. The van der Waals surface area contributed by atoms with E-state index >= 15 is 0 Å². The molecule has 29 heavy (non-hydrogen) atoms. The van der Waals surface area contributed by atoms with Gasteiger partial charge in [-0.05, 0) is 55.9 Å². The minimum Gasteiger partial charge on any atom is -0.443 e. The monoisotopic (exact) mass is 397 g/mol. The fourth-order valence-corrected chi connectivity index (χ4v) is 4.09. The predicted octanol–water partition coefficient (Wildman–Crippen LogP) is 4.02. The van der Waals surface area contributed by atoms with Gasteiger partial charge in [0.2, 0.25) is 11.8 Å². The van der Waals surface area contributed by atoms with E-state index < -0.39 is 0 Å². The zero-order valence-corrected chi connectivity index (χ0v) is 16.9. The Morgan fingerprint density at radius 2 is 1.97 bits per heavy atom. The minimum absolute atomic E-state index is 0.00612. The lowest BCUT2D eigenvalue weighted by atomic mass is 10.0. The molecule has 2 aromatic rings. The molecule has 1 aromatic heterocycles. The molecule has 1 aliphatic heterocycles. The molecule has 2 N–H and O–H groups in total. The van der Waals surface area contributed by atoms with Gasteiger partial charge in [0.15, 0.2) is 5.69 Å². The van der Waals surface area contributed by atoms with Crippen LogP contribution >= 0.6 is 0 Å². The maximum Gasteiger partial charge on any atom is 0.277 e. The van der Waals surface area contributed by atoms with Gasteiger partial charge in [-0.25, -0.2) is 4.98 Å². The van der Waals surface area contributed by atoms with Crippen molar-refractivity contribution in [1.82, 2.24) is 10.3 Å². The number of anilines is 1. The van der Waals surface area contributed by atoms with Crippen molar-refractivity contribution < 1.29 is 18.7 Å². The molecule has 0 unspecified atom stereocenters. The fraction of sp³-hybridized carbons (Fsp3) is 0.500. The molecule has 2 amide bonds. The maximum atomic E-state index is 12.7. The number of nitrogens with one attached hydrogen (secondary N) is 2. The van der Waals surface area contributed by atoms with E-state index in [-0.39, 0.29) is 23.6 Å². The number of amides is 2. The molecular formula is C22H27N3O4. The molecule has 2 heterocycles. The van der Waals surface area contributed by atoms with E-state index in [2.05, 4.69) is 15.6 Å². The smallest absolute Gasteiger partial charge is 0.277 e. The number of carbonyl (C=O) groups is 2. The third-order valence-electron chi connectivity index (χ3n) is 5.70. The average Bonchev–Trinajstić information content (AvgIpc) is 3.41. The Balaban J connectivity index is 1.38. The van der Waals surface area contributed by atoms with Crippen molar-refractivity contribution in [3.63, 3.8) is 0 Å². The molecule has 1 atom stereocenters. The van der Waals surface area contributed by atoms with E-state index in [1.165, 1.54) is 12.8 Å². The van der Waals surface area contributed by atoms with Crippen molar-refractivity contribution >= 4 is 17.5 Å². The van der Waals surface area contributed by atoms with Crippen molar-refractivity contribution in [2.24, 2.45) is 5.92 Å². The number of benzene rings is 1. The largest absolute Gasteiger partial charge is 0.443 e. The van der Waals surface area contributed by atoms with Gasteiger partial charge < -0.3 is 19.8 Å². The van der Waals surface area contributed by atoms with Crippen molar-refractivity contribution in [2.45, 2.75) is 65.2 Å². The fourth-order valence-electron chi connectivity index (χ4n) is 4.09. The third kappa shape index (κ3) is 4.50. The summed E-state index contributed by atoms with van der Waals surface area (Å²) in [5, 5.41) is 5.81. The van der Waals surface area contributed by atoms with Gasteiger partial charge in [0, 0.05) is 12.1 Å². The molecule has 1 aliphatic carbocycles. The first-order chi connectivity index (χ1) is 14.0. The Hall–Kier alpha value is -2.67. The van der Waals surface area contributed by atoms with E-state index in [0.717, 1.165) is 24.0 Å². The summed E-state index contributed by atoms with van der Waals surface area (Å²) < 4.78 is 11.1. The van der Waals surface area contributed by atoms with Crippen LogP contribution in [0.25, 0.3) is 0 Å². The van der Waals surface area contributed by atoms with Crippen molar-refractivity contribution in [3.8, 4) is 0 Å². The number of carbonyl (C=O) groups excluding carboxylic acids is 2. The number of fused-ring (bicyclic) bond motifs is 1. The Bertz CT molecular complexity index is 915. The van der Waals surface area contributed by atoms with Gasteiger partial charge in [-0.2, -0.15) is 0 Å². The third-order valence-corrected chi connectivity index (χ3v) is 5.70. The average molecular weight is 397 g/mol. The lowest BCUT2D eigenvalue weighted by Crippen LogP contribution is -2.28. The number of aromatic nitrogens is 1. The van der Waals surface area contributed by atoms with Crippen LogP contribution in [0.3, 0.4) is 0 Å². The van der Waals surface area contributed by atoms with Crippen LogP contribution in [0.1, 0.15) is 78.3 Å². The SMILES string of the molecule is Cc1oc([C@@H](C)NC(=O)CC2CCCC2)nc1C(=O)Nc1ccc2c(c1)COC2. The van der Waals surface area contributed by atoms with Gasteiger partial charge in [0.05, 0.1) is 13.2 Å². The molecule has 7 nitrogen and oxygen atoms in total. The molecule has 4 rings (SSSR count). The van der Waals surface area contributed by atoms with Crippen LogP contribution in [-0.4, -0.2) is 16.8 Å². The Morgan fingerprint density at radius 3 is 2.76 bits per heavy atom. The minimum atomic E-state index is -0.388. The second-order valence-corrected chi connectivity index (χ2v) is 8.03. The number of ether oxygens (including phenoxy) is 1. The molecule has 2 aliphatic rings. The molecule has 1 fully saturated rings. The normalized spacial score (nSPS) is 17.2. The van der Waals surface area contributed by atoms with Crippen molar-refractivity contribution in [1.29, 1.82) is 0 Å². The van der Waals surface area contributed by atoms with Gasteiger partial charge in [0.1, 0.15) is 11.8 Å². The van der Waals surface area contributed by atoms with Crippen LogP contribution < -0.4 is 10.6 Å². The number of oxazole rings is 1. The molecule has 1 saturated carbocycles. The molecular weight excluding hydrogens is 370 g/mol. The van der Waals surface area contributed by atoms with E-state index in [0.29, 0.717) is 42.9 Å². The lowest BCUT2D eigenvalue weighted by molar-refractivity contribution is -0.122. The second kappa shape index (κ2) is 8.37. The lowest BCUT2D eigenvalue weighted by Gasteiger charge is -2.13. The molecule has 1 aromatic carbocycles. The van der Waals surface area contributed by atoms with Gasteiger partial charge in [0.25, 0.3) is 5.91 Å². The zero-order chi connectivity index (χ0) is 20.4. The van der Waals surface area contributed by atoms with Crippen molar-refractivity contribution in [2.75, 3.05) is 5.32 Å². The highest BCUT2D eigenvalue weighted by Crippen LogP contribution is 2.28. The van der Waals surface area contributed by atoms with Gasteiger partial charge >= 0.3 is 0 Å². The van der Waals surface area contributed by atoms with E-state index in [9.17, 15) is 9.59 Å². The van der Waals surface area contributed by atoms with E-state index in [1.807, 2.05) is 25.1 Å². The first kappa shape index (κ1) is 19.6. The highest BCUT2D eigenvalue weighted by atomic mass is 16.5. The number of hydrogen-bond acceptors (Lipinski definition) is 5. The van der Waals surface area contributed by atoms with E-state index in [1.54, 1.807) is 6.92 Å². The van der Waals surface area contributed by atoms with Crippen LogP contribution in [0.4, 0.5) is 5.69 Å². The van der Waals surface area contributed by atoms with Crippen LogP contribution in [0.2, 0.25) is 0 Å². The second-order valence-electron chi connectivity index (χ2n) is 8.03. The van der Waals surface area contributed by atoms with Crippen LogP contribution in [0.15, 0.2) is 22.6 Å². The summed E-state index contributed by atoms with van der Waals surface area (Å²) in [5.74, 6) is 0.925. The van der Waals surface area contributed by atoms with Gasteiger partial charge in [-0.15, -0.1) is 0 Å². The van der Waals surface area contributed by atoms with E-state index in [4.69, 9.17) is 9.15 Å². The summed E-state index contributed by atoms with van der Waals surface area (Å²) in [4.78, 5) is 29.3. The summed E-state index contributed by atoms with van der Waals surface area (Å²) in [5.41, 5.74) is 3.15. The highest BCUT2D eigenvalue weighted by molar-refractivity contribution is 6.03. The predicted molar refractivity (Wildman–Crippen MR) is 107 cm³/mol. The van der Waals surface area contributed by atoms with Crippen LogP contribution in [0, 0.1) is 12.8 Å². The summed E-state index contributed by atoms with van der Waals surface area (Å²) in [6.07, 6.45) is 5.21. The number of rotatable bonds is 6. The standard InChI is InChI=1S/C22H27N3O4/c1-13(23-19(26)9-15-5-3-4-6-15)22-25-20(14(2)29-22)21(27)24-18-8-7-16-11-28-12-17(16)10-18/h7-8,10,13,15H,3-6,9,11-12H2,1-2H3,(H,23,26)(H,24,27)/t13-/m1/s1. The quantitative estimate of drug-likeness (QED) is 0.768. The van der Waals surface area contributed by atoms with Gasteiger partial charge in [-0.3, -0.25) is 9.59 Å². The number of nitrogens with zero attached hydrogens (tertiary/aromatic N) is 1. The molecule has 7 heteroatoms. The van der Waals surface area contributed by atoms with Crippen molar-refractivity contribution in [3.05, 3.63) is 46.7 Å². The first-order valence-corrected chi connectivity index (χ1v) is 10.3. The molecule has 154 valence electrons. The molecule has 0 bridgehead atoms. The van der Waals surface area contributed by atoms with Crippen LogP contribution in [-0.2, 0) is 22.7 Å². The number of aryl methyl sites for hydroxylation is 1. The molecule has 0 saturated heterocycles. The summed E-state index contributed by atoms with van der Waals surface area (Å²) in [6.45, 7) is 4.69. The summed E-state index contributed by atoms with van der Waals surface area (Å²) >= 11 is 0. The highest BCUT2D eigenvalue weighted by Gasteiger charge is 2.24. The Morgan fingerprint density at radius 1 is 1.21 bits per heavy atom. The Labute approximate surface area is 170 Å². The molecule has 0 spiro atoms. The number of hydrogen-bond donors (Lipinski definition) is 2. The summed E-state index contributed by atoms with van der Waals surface area (Å²) in [7, 11) is 0. The molecule has 0 radical (unpaired) electrons. The first-order valence-electron chi connectivity index (χ1n) is 10.3. The van der Waals surface area contributed by atoms with Crippen LogP contribution in [0.5, 0.6) is 0 Å². The van der Waals surface area contributed by atoms with Gasteiger partial charge in [-0.1, -0.05) is 18.9 Å². The maximum absolute atomic E-state index is 12.7. The summed E-state index contributed by atoms with van der Waals surface area (Å²) in [6, 6.07) is 5.35. The topological polar surface area (TPSA) is 93.5 Å².